The molecule has 0 aliphatic carbocycles. The predicted molar refractivity (Wildman–Crippen MR) is 72.7 cm³/mol. The fraction of sp³-hybridized carbons (Fsp3) is 0.143. The lowest BCUT2D eigenvalue weighted by atomic mass is 10.2. The monoisotopic (exact) mass is 274 g/mol. The minimum atomic E-state index is 0.544. The van der Waals surface area contributed by atoms with E-state index in [1.165, 1.54) is 0 Å². The van der Waals surface area contributed by atoms with Gasteiger partial charge in [0.25, 0.3) is 0 Å². The van der Waals surface area contributed by atoms with Crippen molar-refractivity contribution in [3.63, 3.8) is 0 Å². The Hall–Kier alpha value is -2.07. The highest BCUT2D eigenvalue weighted by atomic mass is 35.5. The highest BCUT2D eigenvalue weighted by Gasteiger charge is 2.10. The van der Waals surface area contributed by atoms with Crippen molar-refractivity contribution in [3.8, 4) is 0 Å². The van der Waals surface area contributed by atoms with E-state index in [1.54, 1.807) is 12.3 Å². The van der Waals surface area contributed by atoms with E-state index in [4.69, 9.17) is 16.1 Å². The molecular formula is C14H11ClN2O2. The molecule has 0 N–H and O–H groups in total. The number of carbonyl (C=O) groups is 1. The molecule has 96 valence electrons. The molecule has 19 heavy (non-hydrogen) atoms. The molecule has 0 bridgehead atoms. The maximum atomic E-state index is 11.1. The van der Waals surface area contributed by atoms with Crippen molar-refractivity contribution >= 4 is 28.8 Å². The average Bonchev–Trinajstić information content (AvgIpc) is 2.94. The van der Waals surface area contributed by atoms with Crippen LogP contribution in [0, 0.1) is 6.92 Å². The molecule has 2 aromatic heterocycles. The van der Waals surface area contributed by atoms with Crippen LogP contribution in [0.15, 0.2) is 35.0 Å². The van der Waals surface area contributed by atoms with Crippen molar-refractivity contribution in [1.29, 1.82) is 0 Å². The zero-order valence-electron chi connectivity index (χ0n) is 10.3. The zero-order chi connectivity index (χ0) is 13.4. The Kier molecular flexibility index (Phi) is 2.87. The van der Waals surface area contributed by atoms with E-state index < -0.39 is 0 Å². The van der Waals surface area contributed by atoms with Gasteiger partial charge in [-0.1, -0.05) is 22.8 Å². The Balaban J connectivity index is 2.12. The van der Waals surface area contributed by atoms with E-state index in [0.29, 0.717) is 17.1 Å². The quantitative estimate of drug-likeness (QED) is 0.687. The minimum absolute atomic E-state index is 0.544. The Morgan fingerprint density at radius 1 is 1.42 bits per heavy atom. The molecule has 0 atom stereocenters. The second-order valence-electron chi connectivity index (χ2n) is 4.42. The van der Waals surface area contributed by atoms with E-state index in [1.807, 2.05) is 29.7 Å². The van der Waals surface area contributed by atoms with Crippen molar-refractivity contribution in [2.24, 2.45) is 0 Å². The zero-order valence-corrected chi connectivity index (χ0v) is 11.0. The second kappa shape index (κ2) is 4.55. The van der Waals surface area contributed by atoms with Crippen LogP contribution in [0.2, 0.25) is 5.02 Å². The molecule has 0 unspecified atom stereocenters. The van der Waals surface area contributed by atoms with E-state index in [2.05, 4.69) is 5.16 Å². The van der Waals surface area contributed by atoms with Gasteiger partial charge in [0.1, 0.15) is 11.5 Å². The first-order chi connectivity index (χ1) is 9.17. The number of carbonyl (C=O) groups excluding carboxylic acids is 1. The summed E-state index contributed by atoms with van der Waals surface area (Å²) in [6.07, 6.45) is 2.65. The van der Waals surface area contributed by atoms with Gasteiger partial charge in [0.05, 0.1) is 12.1 Å². The van der Waals surface area contributed by atoms with Crippen LogP contribution in [0.4, 0.5) is 0 Å². The Morgan fingerprint density at radius 3 is 2.95 bits per heavy atom. The maximum Gasteiger partial charge on any atom is 0.152 e. The van der Waals surface area contributed by atoms with Crippen molar-refractivity contribution in [3.05, 3.63) is 52.5 Å². The SMILES string of the molecule is Cc1cc(Cn2cc(C=O)c3ccc(Cl)cc32)no1. The number of halogens is 1. The van der Waals surface area contributed by atoms with Gasteiger partial charge in [-0.25, -0.2) is 0 Å². The topological polar surface area (TPSA) is 48.0 Å². The molecule has 5 heteroatoms. The first kappa shape index (κ1) is 12.0. The minimum Gasteiger partial charge on any atom is -0.361 e. The largest absolute Gasteiger partial charge is 0.361 e. The molecule has 0 saturated heterocycles. The lowest BCUT2D eigenvalue weighted by molar-refractivity contribution is 0.112. The van der Waals surface area contributed by atoms with E-state index in [-0.39, 0.29) is 0 Å². The third-order valence-corrected chi connectivity index (χ3v) is 3.25. The Bertz CT molecular complexity index is 758. The molecule has 0 spiro atoms. The maximum absolute atomic E-state index is 11.1. The van der Waals surface area contributed by atoms with Crippen molar-refractivity contribution in [1.82, 2.24) is 9.72 Å². The smallest absolute Gasteiger partial charge is 0.152 e. The molecule has 0 fully saturated rings. The third-order valence-electron chi connectivity index (χ3n) is 3.01. The van der Waals surface area contributed by atoms with E-state index in [0.717, 1.165) is 28.6 Å². The van der Waals surface area contributed by atoms with E-state index in [9.17, 15) is 4.79 Å². The molecule has 0 amide bonds. The van der Waals surface area contributed by atoms with Crippen LogP contribution >= 0.6 is 11.6 Å². The van der Waals surface area contributed by atoms with Crippen LogP contribution in [0.5, 0.6) is 0 Å². The molecule has 0 aliphatic heterocycles. The van der Waals surface area contributed by atoms with Crippen LogP contribution < -0.4 is 0 Å². The summed E-state index contributed by atoms with van der Waals surface area (Å²) in [5.41, 5.74) is 2.37. The number of aldehydes is 1. The Labute approximate surface area is 114 Å². The molecule has 0 saturated carbocycles. The first-order valence-corrected chi connectivity index (χ1v) is 6.21. The molecule has 0 radical (unpaired) electrons. The summed E-state index contributed by atoms with van der Waals surface area (Å²) in [6, 6.07) is 7.35. The van der Waals surface area contributed by atoms with Crippen molar-refractivity contribution < 1.29 is 9.32 Å². The van der Waals surface area contributed by atoms with Gasteiger partial charge >= 0.3 is 0 Å². The summed E-state index contributed by atoms with van der Waals surface area (Å²) in [5.74, 6) is 0.764. The summed E-state index contributed by atoms with van der Waals surface area (Å²) in [4.78, 5) is 11.1. The molecule has 2 heterocycles. The van der Waals surface area contributed by atoms with Crippen LogP contribution in [0.1, 0.15) is 21.8 Å². The number of benzene rings is 1. The number of nitrogens with zero attached hydrogens (tertiary/aromatic N) is 2. The third kappa shape index (κ3) is 2.15. The molecular weight excluding hydrogens is 264 g/mol. The molecule has 1 aromatic carbocycles. The Morgan fingerprint density at radius 2 is 2.26 bits per heavy atom. The summed E-state index contributed by atoms with van der Waals surface area (Å²) < 4.78 is 6.99. The lowest BCUT2D eigenvalue weighted by Gasteiger charge is -2.02. The number of hydrogen-bond donors (Lipinski definition) is 0. The summed E-state index contributed by atoms with van der Waals surface area (Å²) in [5, 5.41) is 5.49. The van der Waals surface area contributed by atoms with Gasteiger partial charge in [0, 0.05) is 28.2 Å². The number of aromatic nitrogens is 2. The van der Waals surface area contributed by atoms with Gasteiger partial charge in [-0.05, 0) is 19.1 Å². The van der Waals surface area contributed by atoms with Crippen LogP contribution in [0.25, 0.3) is 10.9 Å². The lowest BCUT2D eigenvalue weighted by Crippen LogP contribution is -1.97. The first-order valence-electron chi connectivity index (χ1n) is 5.83. The van der Waals surface area contributed by atoms with Gasteiger partial charge < -0.3 is 9.09 Å². The molecule has 3 aromatic rings. The highest BCUT2D eigenvalue weighted by Crippen LogP contribution is 2.24. The van der Waals surface area contributed by atoms with Gasteiger partial charge in [0.2, 0.25) is 0 Å². The number of aryl methyl sites for hydroxylation is 1. The standard InChI is InChI=1S/C14H11ClN2O2/c1-9-4-12(16-19-9)7-17-6-10(8-18)13-3-2-11(15)5-14(13)17/h2-6,8H,7H2,1H3. The molecule has 4 nitrogen and oxygen atoms in total. The second-order valence-corrected chi connectivity index (χ2v) is 4.86. The van der Waals surface area contributed by atoms with Gasteiger partial charge in [-0.3, -0.25) is 4.79 Å². The van der Waals surface area contributed by atoms with Gasteiger partial charge in [-0.15, -0.1) is 0 Å². The normalized spacial score (nSPS) is 11.1. The van der Waals surface area contributed by atoms with Crippen molar-refractivity contribution in [2.45, 2.75) is 13.5 Å². The molecule has 3 rings (SSSR count). The predicted octanol–water partition coefficient (Wildman–Crippen LogP) is 3.45. The fourth-order valence-electron chi connectivity index (χ4n) is 2.19. The summed E-state index contributed by atoms with van der Waals surface area (Å²) in [6.45, 7) is 2.39. The average molecular weight is 275 g/mol. The number of rotatable bonds is 3. The fourth-order valence-corrected chi connectivity index (χ4v) is 2.35. The van der Waals surface area contributed by atoms with Crippen LogP contribution in [0.3, 0.4) is 0 Å². The number of hydrogen-bond acceptors (Lipinski definition) is 3. The summed E-state index contributed by atoms with van der Waals surface area (Å²) in [7, 11) is 0. The van der Waals surface area contributed by atoms with Crippen molar-refractivity contribution in [2.75, 3.05) is 0 Å². The van der Waals surface area contributed by atoms with Crippen LogP contribution in [-0.4, -0.2) is 16.0 Å². The van der Waals surface area contributed by atoms with E-state index >= 15 is 0 Å². The van der Waals surface area contributed by atoms with Crippen LogP contribution in [-0.2, 0) is 6.54 Å². The molecule has 0 aliphatic rings. The summed E-state index contributed by atoms with van der Waals surface area (Å²) >= 11 is 6.01. The highest BCUT2D eigenvalue weighted by molar-refractivity contribution is 6.31. The number of fused-ring (bicyclic) bond motifs is 1. The van der Waals surface area contributed by atoms with Gasteiger partial charge in [-0.2, -0.15) is 0 Å². The van der Waals surface area contributed by atoms with Gasteiger partial charge in [0.15, 0.2) is 6.29 Å².